The SMILES string of the molecule is CCc1cc(-c2ccc(C)c(F)c2)on1. The molecule has 0 atom stereocenters. The zero-order valence-electron chi connectivity index (χ0n) is 8.75. The summed E-state index contributed by atoms with van der Waals surface area (Å²) in [5.41, 5.74) is 2.24. The van der Waals surface area contributed by atoms with E-state index in [1.807, 2.05) is 19.1 Å². The zero-order chi connectivity index (χ0) is 10.8. The van der Waals surface area contributed by atoms with Gasteiger partial charge >= 0.3 is 0 Å². The first-order valence-corrected chi connectivity index (χ1v) is 4.93. The average Bonchev–Trinajstić information content (AvgIpc) is 2.70. The van der Waals surface area contributed by atoms with Gasteiger partial charge in [0.05, 0.1) is 5.69 Å². The van der Waals surface area contributed by atoms with Crippen LogP contribution in [0.2, 0.25) is 0 Å². The van der Waals surface area contributed by atoms with E-state index in [0.29, 0.717) is 11.3 Å². The summed E-state index contributed by atoms with van der Waals surface area (Å²) in [4.78, 5) is 0. The number of halogens is 1. The van der Waals surface area contributed by atoms with Gasteiger partial charge in [0.2, 0.25) is 0 Å². The minimum absolute atomic E-state index is 0.220. The van der Waals surface area contributed by atoms with E-state index in [1.54, 1.807) is 13.0 Å². The van der Waals surface area contributed by atoms with Crippen LogP contribution in [-0.2, 0) is 6.42 Å². The van der Waals surface area contributed by atoms with Crippen LogP contribution in [0.3, 0.4) is 0 Å². The molecule has 0 saturated carbocycles. The molecule has 78 valence electrons. The van der Waals surface area contributed by atoms with E-state index in [9.17, 15) is 4.39 Å². The summed E-state index contributed by atoms with van der Waals surface area (Å²) in [6, 6.07) is 6.87. The lowest BCUT2D eigenvalue weighted by Gasteiger charge is -1.98. The van der Waals surface area contributed by atoms with Crippen LogP contribution < -0.4 is 0 Å². The number of nitrogens with zero attached hydrogens (tertiary/aromatic N) is 1. The monoisotopic (exact) mass is 205 g/mol. The molecule has 15 heavy (non-hydrogen) atoms. The fourth-order valence-electron chi connectivity index (χ4n) is 1.36. The molecule has 0 aliphatic carbocycles. The van der Waals surface area contributed by atoms with Crippen LogP contribution in [-0.4, -0.2) is 5.16 Å². The molecule has 0 amide bonds. The second-order valence-corrected chi connectivity index (χ2v) is 3.50. The van der Waals surface area contributed by atoms with Crippen molar-refractivity contribution in [2.24, 2.45) is 0 Å². The second kappa shape index (κ2) is 3.85. The summed E-state index contributed by atoms with van der Waals surface area (Å²) in [6.07, 6.45) is 0.817. The molecule has 1 heterocycles. The van der Waals surface area contributed by atoms with Gasteiger partial charge in [-0.15, -0.1) is 0 Å². The van der Waals surface area contributed by atoms with Crippen molar-refractivity contribution >= 4 is 0 Å². The summed E-state index contributed by atoms with van der Waals surface area (Å²) in [6.45, 7) is 3.73. The fourth-order valence-corrected chi connectivity index (χ4v) is 1.36. The molecule has 2 aromatic rings. The third-order valence-corrected chi connectivity index (χ3v) is 2.38. The Labute approximate surface area is 87.7 Å². The standard InChI is InChI=1S/C12H12FNO/c1-3-10-7-12(15-14-10)9-5-4-8(2)11(13)6-9/h4-7H,3H2,1-2H3. The third kappa shape index (κ3) is 1.91. The summed E-state index contributed by atoms with van der Waals surface area (Å²) >= 11 is 0. The molecule has 0 N–H and O–H groups in total. The minimum Gasteiger partial charge on any atom is -0.356 e. The van der Waals surface area contributed by atoms with Crippen molar-refractivity contribution in [2.45, 2.75) is 20.3 Å². The van der Waals surface area contributed by atoms with Crippen molar-refractivity contribution in [2.75, 3.05) is 0 Å². The molecule has 1 aromatic carbocycles. The molecular formula is C12H12FNO. The Morgan fingerprint density at radius 2 is 2.13 bits per heavy atom. The van der Waals surface area contributed by atoms with Crippen molar-refractivity contribution in [3.8, 4) is 11.3 Å². The van der Waals surface area contributed by atoms with Gasteiger partial charge in [0.15, 0.2) is 5.76 Å². The van der Waals surface area contributed by atoms with Crippen LogP contribution in [0.5, 0.6) is 0 Å². The Balaban J connectivity index is 2.40. The van der Waals surface area contributed by atoms with Crippen molar-refractivity contribution in [1.82, 2.24) is 5.16 Å². The van der Waals surface area contributed by atoms with Crippen molar-refractivity contribution in [3.05, 3.63) is 41.3 Å². The van der Waals surface area contributed by atoms with E-state index in [-0.39, 0.29) is 5.82 Å². The minimum atomic E-state index is -0.220. The van der Waals surface area contributed by atoms with Crippen LogP contribution in [0, 0.1) is 12.7 Å². The first kappa shape index (κ1) is 9.90. The maximum absolute atomic E-state index is 13.3. The van der Waals surface area contributed by atoms with Gasteiger partial charge in [-0.25, -0.2) is 4.39 Å². The van der Waals surface area contributed by atoms with Crippen molar-refractivity contribution in [3.63, 3.8) is 0 Å². The molecule has 2 nitrogen and oxygen atoms in total. The van der Waals surface area contributed by atoms with Gasteiger partial charge in [-0.2, -0.15) is 0 Å². The molecule has 0 unspecified atom stereocenters. The lowest BCUT2D eigenvalue weighted by Crippen LogP contribution is -1.82. The quantitative estimate of drug-likeness (QED) is 0.751. The largest absolute Gasteiger partial charge is 0.356 e. The lowest BCUT2D eigenvalue weighted by atomic mass is 10.1. The average molecular weight is 205 g/mol. The van der Waals surface area contributed by atoms with Gasteiger partial charge in [-0.1, -0.05) is 24.2 Å². The summed E-state index contributed by atoms with van der Waals surface area (Å²) in [5.74, 6) is 0.396. The Bertz CT molecular complexity index is 476. The zero-order valence-corrected chi connectivity index (χ0v) is 8.75. The van der Waals surface area contributed by atoms with E-state index in [4.69, 9.17) is 4.52 Å². The summed E-state index contributed by atoms with van der Waals surface area (Å²) < 4.78 is 18.4. The van der Waals surface area contributed by atoms with E-state index < -0.39 is 0 Å². The molecule has 3 heteroatoms. The number of benzene rings is 1. The fraction of sp³-hybridized carbons (Fsp3) is 0.250. The van der Waals surface area contributed by atoms with Gasteiger partial charge < -0.3 is 4.52 Å². The van der Waals surface area contributed by atoms with E-state index in [0.717, 1.165) is 17.7 Å². The number of hydrogen-bond acceptors (Lipinski definition) is 2. The highest BCUT2D eigenvalue weighted by Gasteiger charge is 2.07. The van der Waals surface area contributed by atoms with Gasteiger partial charge in [-0.3, -0.25) is 0 Å². The van der Waals surface area contributed by atoms with Crippen LogP contribution in [0.15, 0.2) is 28.8 Å². The van der Waals surface area contributed by atoms with Crippen LogP contribution >= 0.6 is 0 Å². The molecule has 0 aliphatic rings. The third-order valence-electron chi connectivity index (χ3n) is 2.38. The van der Waals surface area contributed by atoms with E-state index in [2.05, 4.69) is 5.16 Å². The van der Waals surface area contributed by atoms with Gasteiger partial charge in [0.25, 0.3) is 0 Å². The Hall–Kier alpha value is -1.64. The topological polar surface area (TPSA) is 26.0 Å². The predicted molar refractivity (Wildman–Crippen MR) is 56.0 cm³/mol. The summed E-state index contributed by atoms with van der Waals surface area (Å²) in [7, 11) is 0. The Morgan fingerprint density at radius 1 is 1.33 bits per heavy atom. The maximum Gasteiger partial charge on any atom is 0.167 e. The highest BCUT2D eigenvalue weighted by Crippen LogP contribution is 2.22. The first-order valence-electron chi connectivity index (χ1n) is 4.93. The molecule has 1 aromatic heterocycles. The van der Waals surface area contributed by atoms with Gasteiger partial charge in [-0.05, 0) is 25.0 Å². The number of aromatic nitrogens is 1. The molecule has 0 fully saturated rings. The van der Waals surface area contributed by atoms with Crippen molar-refractivity contribution in [1.29, 1.82) is 0 Å². The van der Waals surface area contributed by atoms with Crippen LogP contribution in [0.4, 0.5) is 4.39 Å². The van der Waals surface area contributed by atoms with Crippen LogP contribution in [0.1, 0.15) is 18.2 Å². The Morgan fingerprint density at radius 3 is 2.73 bits per heavy atom. The highest BCUT2D eigenvalue weighted by atomic mass is 19.1. The van der Waals surface area contributed by atoms with Gasteiger partial charge in [0.1, 0.15) is 5.82 Å². The van der Waals surface area contributed by atoms with E-state index >= 15 is 0 Å². The summed E-state index contributed by atoms with van der Waals surface area (Å²) in [5, 5.41) is 3.87. The molecule has 0 spiro atoms. The smallest absolute Gasteiger partial charge is 0.167 e. The van der Waals surface area contributed by atoms with Crippen molar-refractivity contribution < 1.29 is 8.91 Å². The van der Waals surface area contributed by atoms with Gasteiger partial charge in [0, 0.05) is 11.6 Å². The van der Waals surface area contributed by atoms with E-state index in [1.165, 1.54) is 6.07 Å². The maximum atomic E-state index is 13.3. The molecule has 2 rings (SSSR count). The van der Waals surface area contributed by atoms with Crippen LogP contribution in [0.25, 0.3) is 11.3 Å². The predicted octanol–water partition coefficient (Wildman–Crippen LogP) is 3.35. The molecular weight excluding hydrogens is 193 g/mol. The molecule has 0 bridgehead atoms. The number of hydrogen-bond donors (Lipinski definition) is 0. The number of rotatable bonds is 2. The highest BCUT2D eigenvalue weighted by molar-refractivity contribution is 5.57. The first-order chi connectivity index (χ1) is 7.20. The molecule has 0 radical (unpaired) electrons. The normalized spacial score (nSPS) is 10.6. The number of aryl methyl sites for hydroxylation is 2. The molecule has 0 saturated heterocycles. The second-order valence-electron chi connectivity index (χ2n) is 3.50. The molecule has 0 aliphatic heterocycles. The Kier molecular flexibility index (Phi) is 2.54. The lowest BCUT2D eigenvalue weighted by molar-refractivity contribution is 0.424.